The predicted molar refractivity (Wildman–Crippen MR) is 76.5 cm³/mol. The Bertz CT molecular complexity index is 343. The quantitative estimate of drug-likeness (QED) is 0.767. The molecule has 0 radical (unpaired) electrons. The van der Waals surface area contributed by atoms with E-state index in [0.29, 0.717) is 18.1 Å². The van der Waals surface area contributed by atoms with Crippen molar-refractivity contribution in [1.82, 2.24) is 10.3 Å². The first-order chi connectivity index (χ1) is 7.28. The van der Waals surface area contributed by atoms with E-state index >= 15 is 0 Å². The van der Waals surface area contributed by atoms with E-state index in [1.165, 1.54) is 0 Å². The molecule has 0 saturated heterocycles. The number of anilines is 1. The largest absolute Gasteiger partial charge is 0.385 e. The van der Waals surface area contributed by atoms with Crippen LogP contribution in [0.1, 0.15) is 38.1 Å². The average molecular weight is 257 g/mol. The lowest BCUT2D eigenvalue weighted by atomic mass is 10.1. The molecule has 0 aromatic carbocycles. The first-order valence-electron chi connectivity index (χ1n) is 5.45. The smallest absolute Gasteiger partial charge is 0.123 e. The molecule has 0 fully saturated rings. The molecule has 17 heavy (non-hydrogen) atoms. The van der Waals surface area contributed by atoms with E-state index in [1.54, 1.807) is 6.07 Å². The number of rotatable bonds is 3. The molecule has 4 nitrogen and oxygen atoms in total. The van der Waals surface area contributed by atoms with Gasteiger partial charge in [0.05, 0.1) is 5.69 Å². The zero-order chi connectivity index (χ0) is 12.3. The Labute approximate surface area is 110 Å². The van der Waals surface area contributed by atoms with Crippen LogP contribution in [-0.2, 0) is 0 Å². The van der Waals surface area contributed by atoms with Crippen molar-refractivity contribution in [2.75, 3.05) is 12.3 Å². The SMILES string of the molecule is Cc1cc(N)nc([C@@H](O)CNC(C)(C)C)c1.S. The topological polar surface area (TPSA) is 71.2 Å². The lowest BCUT2D eigenvalue weighted by molar-refractivity contribution is 0.159. The third-order valence-electron chi connectivity index (χ3n) is 2.18. The zero-order valence-corrected chi connectivity index (χ0v) is 11.9. The van der Waals surface area contributed by atoms with Gasteiger partial charge in [0.25, 0.3) is 0 Å². The maximum Gasteiger partial charge on any atom is 0.123 e. The minimum absolute atomic E-state index is 0. The number of nitrogen functional groups attached to an aromatic ring is 1. The van der Waals surface area contributed by atoms with Crippen LogP contribution in [0.25, 0.3) is 0 Å². The van der Waals surface area contributed by atoms with Gasteiger partial charge < -0.3 is 16.2 Å². The summed E-state index contributed by atoms with van der Waals surface area (Å²) in [7, 11) is 0. The van der Waals surface area contributed by atoms with Gasteiger partial charge in [0.15, 0.2) is 0 Å². The molecule has 0 amide bonds. The van der Waals surface area contributed by atoms with E-state index in [2.05, 4.69) is 31.1 Å². The first kappa shape index (κ1) is 16.2. The summed E-state index contributed by atoms with van der Waals surface area (Å²) in [5, 5.41) is 13.2. The second kappa shape index (κ2) is 6.23. The molecule has 1 atom stereocenters. The van der Waals surface area contributed by atoms with E-state index in [0.717, 1.165) is 5.56 Å². The highest BCUT2D eigenvalue weighted by atomic mass is 32.1. The summed E-state index contributed by atoms with van der Waals surface area (Å²) in [6.45, 7) is 8.57. The normalized spacial score (nSPS) is 13.0. The Morgan fingerprint density at radius 1 is 1.41 bits per heavy atom. The van der Waals surface area contributed by atoms with Gasteiger partial charge in [0.1, 0.15) is 11.9 Å². The minimum Gasteiger partial charge on any atom is -0.385 e. The predicted octanol–water partition coefficient (Wildman–Crippen LogP) is 1.51. The maximum atomic E-state index is 9.95. The van der Waals surface area contributed by atoms with Gasteiger partial charge >= 0.3 is 0 Å². The highest BCUT2D eigenvalue weighted by Gasteiger charge is 2.14. The fraction of sp³-hybridized carbons (Fsp3) is 0.583. The number of aliphatic hydroxyl groups is 1. The number of nitrogens with one attached hydrogen (secondary N) is 1. The molecule has 0 spiro atoms. The van der Waals surface area contributed by atoms with Crippen LogP contribution in [0.5, 0.6) is 0 Å². The second-order valence-electron chi connectivity index (χ2n) is 5.14. The van der Waals surface area contributed by atoms with Crippen LogP contribution in [0.4, 0.5) is 5.82 Å². The molecule has 1 rings (SSSR count). The minimum atomic E-state index is -0.624. The van der Waals surface area contributed by atoms with E-state index in [9.17, 15) is 5.11 Å². The molecule has 0 aliphatic rings. The highest BCUT2D eigenvalue weighted by Crippen LogP contribution is 2.14. The summed E-state index contributed by atoms with van der Waals surface area (Å²) >= 11 is 0. The monoisotopic (exact) mass is 257 g/mol. The third kappa shape index (κ3) is 5.91. The van der Waals surface area contributed by atoms with E-state index in [1.807, 2.05) is 13.0 Å². The molecule has 4 N–H and O–H groups in total. The second-order valence-corrected chi connectivity index (χ2v) is 5.14. The molecule has 1 heterocycles. The van der Waals surface area contributed by atoms with Crippen molar-refractivity contribution in [3.8, 4) is 0 Å². The summed E-state index contributed by atoms with van der Waals surface area (Å²) in [5.41, 5.74) is 7.25. The number of pyridine rings is 1. The van der Waals surface area contributed by atoms with Crippen molar-refractivity contribution in [3.05, 3.63) is 23.4 Å². The molecule has 0 aliphatic heterocycles. The first-order valence-corrected chi connectivity index (χ1v) is 5.45. The number of aliphatic hydroxyl groups excluding tert-OH is 1. The summed E-state index contributed by atoms with van der Waals surface area (Å²) in [6, 6.07) is 3.64. The fourth-order valence-electron chi connectivity index (χ4n) is 1.40. The van der Waals surface area contributed by atoms with Crippen molar-refractivity contribution in [2.45, 2.75) is 39.3 Å². The van der Waals surface area contributed by atoms with E-state index in [4.69, 9.17) is 5.73 Å². The van der Waals surface area contributed by atoms with Crippen LogP contribution in [0.3, 0.4) is 0 Å². The molecule has 1 aromatic rings. The zero-order valence-electron chi connectivity index (χ0n) is 10.9. The highest BCUT2D eigenvalue weighted by molar-refractivity contribution is 7.59. The van der Waals surface area contributed by atoms with Crippen molar-refractivity contribution in [2.24, 2.45) is 0 Å². The standard InChI is InChI=1S/C12H21N3O.H2S/c1-8-5-9(15-11(13)6-8)10(16)7-14-12(2,3)4;/h5-6,10,14,16H,7H2,1-4H3,(H2,13,15);1H2/t10-;/m0./s1. The molecular weight excluding hydrogens is 234 g/mol. The van der Waals surface area contributed by atoms with Crippen LogP contribution in [0, 0.1) is 6.92 Å². The number of aromatic nitrogens is 1. The Hall–Kier alpha value is -0.780. The Morgan fingerprint density at radius 3 is 2.47 bits per heavy atom. The number of nitrogens with zero attached hydrogens (tertiary/aromatic N) is 1. The van der Waals surface area contributed by atoms with Crippen LogP contribution in [0.15, 0.2) is 12.1 Å². The lowest BCUT2D eigenvalue weighted by Crippen LogP contribution is -2.38. The van der Waals surface area contributed by atoms with Gasteiger partial charge in [0, 0.05) is 12.1 Å². The van der Waals surface area contributed by atoms with Gasteiger partial charge in [-0.3, -0.25) is 0 Å². The van der Waals surface area contributed by atoms with Gasteiger partial charge in [-0.15, -0.1) is 0 Å². The summed E-state index contributed by atoms with van der Waals surface area (Å²) < 4.78 is 0. The Morgan fingerprint density at radius 2 is 2.00 bits per heavy atom. The molecule has 0 saturated carbocycles. The molecule has 98 valence electrons. The van der Waals surface area contributed by atoms with Gasteiger partial charge in [-0.2, -0.15) is 13.5 Å². The summed E-state index contributed by atoms with van der Waals surface area (Å²) in [6.07, 6.45) is -0.624. The summed E-state index contributed by atoms with van der Waals surface area (Å²) in [4.78, 5) is 4.12. The van der Waals surface area contributed by atoms with Crippen LogP contribution >= 0.6 is 13.5 Å². The molecule has 1 aromatic heterocycles. The van der Waals surface area contributed by atoms with E-state index in [-0.39, 0.29) is 19.0 Å². The Kier molecular flexibility index (Phi) is 5.95. The molecule has 5 heteroatoms. The van der Waals surface area contributed by atoms with Crippen molar-refractivity contribution < 1.29 is 5.11 Å². The van der Waals surface area contributed by atoms with Crippen molar-refractivity contribution in [3.63, 3.8) is 0 Å². The molecular formula is C12H23N3OS. The fourth-order valence-corrected chi connectivity index (χ4v) is 1.40. The molecule has 0 unspecified atom stereocenters. The lowest BCUT2D eigenvalue weighted by Gasteiger charge is -2.22. The third-order valence-corrected chi connectivity index (χ3v) is 2.18. The van der Waals surface area contributed by atoms with Crippen molar-refractivity contribution >= 4 is 19.3 Å². The van der Waals surface area contributed by atoms with Crippen molar-refractivity contribution in [1.29, 1.82) is 0 Å². The van der Waals surface area contributed by atoms with Gasteiger partial charge in [-0.25, -0.2) is 4.98 Å². The average Bonchev–Trinajstić information content (AvgIpc) is 2.11. The van der Waals surface area contributed by atoms with Gasteiger partial charge in [0.2, 0.25) is 0 Å². The van der Waals surface area contributed by atoms with E-state index < -0.39 is 6.10 Å². The molecule has 0 aliphatic carbocycles. The maximum absolute atomic E-state index is 9.95. The van der Waals surface area contributed by atoms with Crippen LogP contribution in [-0.4, -0.2) is 22.2 Å². The van der Waals surface area contributed by atoms with Crippen LogP contribution in [0.2, 0.25) is 0 Å². The summed E-state index contributed by atoms with van der Waals surface area (Å²) in [5.74, 6) is 0.449. The van der Waals surface area contributed by atoms with Gasteiger partial charge in [-0.1, -0.05) is 0 Å². The number of nitrogens with two attached hydrogens (primary N) is 1. The number of β-amino-alcohol motifs (C(OH)–C–C–N with tert-alkyl or cyclic N) is 1. The Balaban J connectivity index is 0.00000256. The number of aryl methyl sites for hydroxylation is 1. The van der Waals surface area contributed by atoms with Crippen LogP contribution < -0.4 is 11.1 Å². The number of hydrogen-bond acceptors (Lipinski definition) is 4. The molecule has 0 bridgehead atoms. The number of hydrogen-bond donors (Lipinski definition) is 3. The van der Waals surface area contributed by atoms with Gasteiger partial charge in [-0.05, 0) is 45.4 Å².